The van der Waals surface area contributed by atoms with Gasteiger partial charge in [0, 0.05) is 10.4 Å². The molecule has 0 bridgehead atoms. The van der Waals surface area contributed by atoms with E-state index in [2.05, 4.69) is 30.3 Å². The fourth-order valence-corrected chi connectivity index (χ4v) is 4.73. The zero-order chi connectivity index (χ0) is 17.4. The molecule has 1 fully saturated rings. The highest BCUT2D eigenvalue weighted by atomic mass is 35.5. The molecule has 2 aliphatic rings. The Labute approximate surface area is 153 Å². The fourth-order valence-electron chi connectivity index (χ4n) is 4.56. The predicted molar refractivity (Wildman–Crippen MR) is 102 cm³/mol. The minimum Gasteiger partial charge on any atom is -0.465 e. The Morgan fingerprint density at radius 3 is 2.60 bits per heavy atom. The molecule has 0 amide bonds. The maximum atomic E-state index is 12.4. The second-order valence-electron chi connectivity index (χ2n) is 6.97. The van der Waals surface area contributed by atoms with Crippen LogP contribution >= 0.6 is 11.6 Å². The minimum atomic E-state index is -0.333. The molecule has 0 aliphatic heterocycles. The molecule has 2 aromatic rings. The summed E-state index contributed by atoms with van der Waals surface area (Å²) in [5, 5.41) is 0.554. The monoisotopic (exact) mass is 352 g/mol. The van der Waals surface area contributed by atoms with Crippen LogP contribution in [0.4, 0.5) is 0 Å². The van der Waals surface area contributed by atoms with E-state index >= 15 is 0 Å². The molecular formula is C22H21ClO2. The normalized spacial score (nSPS) is 17.9. The van der Waals surface area contributed by atoms with Crippen molar-refractivity contribution in [1.29, 1.82) is 0 Å². The van der Waals surface area contributed by atoms with Crippen LogP contribution in [-0.4, -0.2) is 13.1 Å². The van der Waals surface area contributed by atoms with Gasteiger partial charge < -0.3 is 4.74 Å². The standard InChI is InChI=1S/C22H21ClO2/c1-25-21(24)18-14-16(23)9-10-17(18)20-13-15-7-3-4-8-19(15)22(20)11-5-2-6-12-22/h3-4,7-10,13-14H,2,5-6,11-12H2,1H3. The second kappa shape index (κ2) is 6.34. The second-order valence-corrected chi connectivity index (χ2v) is 7.41. The van der Waals surface area contributed by atoms with Crippen LogP contribution in [-0.2, 0) is 10.2 Å². The van der Waals surface area contributed by atoms with Crippen LogP contribution in [0.1, 0.15) is 59.2 Å². The van der Waals surface area contributed by atoms with Crippen LogP contribution in [0, 0.1) is 0 Å². The van der Waals surface area contributed by atoms with Gasteiger partial charge in [-0.05, 0) is 53.3 Å². The lowest BCUT2D eigenvalue weighted by Gasteiger charge is -2.38. The molecular weight excluding hydrogens is 332 g/mol. The number of fused-ring (bicyclic) bond motifs is 2. The number of methoxy groups -OCH3 is 1. The van der Waals surface area contributed by atoms with Crippen molar-refractivity contribution >= 4 is 29.2 Å². The van der Waals surface area contributed by atoms with Gasteiger partial charge in [0.15, 0.2) is 0 Å². The van der Waals surface area contributed by atoms with Gasteiger partial charge in [0.25, 0.3) is 0 Å². The fraction of sp³-hybridized carbons (Fsp3) is 0.318. The van der Waals surface area contributed by atoms with Gasteiger partial charge in [0.2, 0.25) is 0 Å². The Hall–Kier alpha value is -2.06. The van der Waals surface area contributed by atoms with E-state index in [9.17, 15) is 4.79 Å². The predicted octanol–water partition coefficient (Wildman–Crippen LogP) is 5.88. The maximum Gasteiger partial charge on any atom is 0.338 e. The van der Waals surface area contributed by atoms with E-state index in [4.69, 9.17) is 16.3 Å². The Balaban J connectivity index is 1.92. The lowest BCUT2D eigenvalue weighted by atomic mass is 9.65. The number of hydrogen-bond donors (Lipinski definition) is 0. The molecule has 128 valence electrons. The molecule has 0 radical (unpaired) electrons. The molecule has 25 heavy (non-hydrogen) atoms. The van der Waals surface area contributed by atoms with Crippen molar-refractivity contribution in [1.82, 2.24) is 0 Å². The van der Waals surface area contributed by atoms with Crippen LogP contribution in [0.5, 0.6) is 0 Å². The summed E-state index contributed by atoms with van der Waals surface area (Å²) in [6.45, 7) is 0. The van der Waals surface area contributed by atoms with Gasteiger partial charge in [0.1, 0.15) is 0 Å². The minimum absolute atomic E-state index is 0.00540. The van der Waals surface area contributed by atoms with Crippen LogP contribution in [0.15, 0.2) is 42.5 Å². The summed E-state index contributed by atoms with van der Waals surface area (Å²) in [6, 6.07) is 14.2. The van der Waals surface area contributed by atoms with E-state index in [1.165, 1.54) is 43.1 Å². The third kappa shape index (κ3) is 2.60. The summed E-state index contributed by atoms with van der Waals surface area (Å²) in [7, 11) is 1.42. The van der Waals surface area contributed by atoms with Gasteiger partial charge in [-0.25, -0.2) is 4.79 Å². The smallest absolute Gasteiger partial charge is 0.338 e. The van der Waals surface area contributed by atoms with E-state index < -0.39 is 0 Å². The van der Waals surface area contributed by atoms with Crippen molar-refractivity contribution in [3.63, 3.8) is 0 Å². The maximum absolute atomic E-state index is 12.4. The summed E-state index contributed by atoms with van der Waals surface area (Å²) in [5.41, 5.74) is 5.42. The molecule has 1 saturated carbocycles. The van der Waals surface area contributed by atoms with Crippen LogP contribution < -0.4 is 0 Å². The molecule has 2 nitrogen and oxygen atoms in total. The van der Waals surface area contributed by atoms with E-state index in [1.807, 2.05) is 12.1 Å². The zero-order valence-corrected chi connectivity index (χ0v) is 15.1. The van der Waals surface area contributed by atoms with Gasteiger partial charge in [-0.15, -0.1) is 0 Å². The Morgan fingerprint density at radius 1 is 1.08 bits per heavy atom. The van der Waals surface area contributed by atoms with E-state index in [0.29, 0.717) is 10.6 Å². The first-order valence-corrected chi connectivity index (χ1v) is 9.23. The average Bonchev–Trinajstić information content (AvgIpc) is 2.95. The lowest BCUT2D eigenvalue weighted by Crippen LogP contribution is -2.29. The SMILES string of the molecule is COC(=O)c1cc(Cl)ccc1C1=Cc2ccccc2C12CCCCC2. The van der Waals surface area contributed by atoms with Gasteiger partial charge in [0.05, 0.1) is 12.7 Å². The zero-order valence-electron chi connectivity index (χ0n) is 14.3. The number of carbonyl (C=O) groups is 1. The van der Waals surface area contributed by atoms with Gasteiger partial charge >= 0.3 is 5.97 Å². The van der Waals surface area contributed by atoms with E-state index in [-0.39, 0.29) is 11.4 Å². The number of ether oxygens (including phenoxy) is 1. The highest BCUT2D eigenvalue weighted by molar-refractivity contribution is 6.31. The van der Waals surface area contributed by atoms with Crippen molar-refractivity contribution in [3.8, 4) is 0 Å². The van der Waals surface area contributed by atoms with Crippen molar-refractivity contribution in [3.05, 3.63) is 69.7 Å². The van der Waals surface area contributed by atoms with Gasteiger partial charge in [-0.1, -0.05) is 61.2 Å². The molecule has 2 aliphatic carbocycles. The summed E-state index contributed by atoms with van der Waals surface area (Å²) in [4.78, 5) is 12.4. The van der Waals surface area contributed by atoms with E-state index in [0.717, 1.165) is 18.4 Å². The molecule has 0 atom stereocenters. The molecule has 0 unspecified atom stereocenters. The largest absolute Gasteiger partial charge is 0.465 e. The number of benzene rings is 2. The van der Waals surface area contributed by atoms with Crippen LogP contribution in [0.2, 0.25) is 5.02 Å². The van der Waals surface area contributed by atoms with Crippen molar-refractivity contribution in [2.75, 3.05) is 7.11 Å². The molecule has 0 saturated heterocycles. The Morgan fingerprint density at radius 2 is 1.84 bits per heavy atom. The summed E-state index contributed by atoms with van der Waals surface area (Å²) >= 11 is 6.16. The third-order valence-electron chi connectivity index (χ3n) is 5.68. The first kappa shape index (κ1) is 16.4. The summed E-state index contributed by atoms with van der Waals surface area (Å²) < 4.78 is 5.02. The van der Waals surface area contributed by atoms with Crippen molar-refractivity contribution < 1.29 is 9.53 Å². The Bertz CT molecular complexity index is 860. The number of halogens is 1. The lowest BCUT2D eigenvalue weighted by molar-refractivity contribution is 0.0600. The first-order valence-electron chi connectivity index (χ1n) is 8.86. The van der Waals surface area contributed by atoms with Crippen molar-refractivity contribution in [2.24, 2.45) is 0 Å². The first-order chi connectivity index (χ1) is 12.2. The quantitative estimate of drug-likeness (QED) is 0.630. The average molecular weight is 353 g/mol. The Kier molecular flexibility index (Phi) is 4.16. The third-order valence-corrected chi connectivity index (χ3v) is 5.91. The molecule has 2 aromatic carbocycles. The number of esters is 1. The van der Waals surface area contributed by atoms with Gasteiger partial charge in [-0.2, -0.15) is 0 Å². The molecule has 4 rings (SSSR count). The van der Waals surface area contributed by atoms with Crippen LogP contribution in [0.25, 0.3) is 11.6 Å². The van der Waals surface area contributed by atoms with Crippen molar-refractivity contribution in [2.45, 2.75) is 37.5 Å². The summed E-state index contributed by atoms with van der Waals surface area (Å²) in [5.74, 6) is -0.333. The number of carbonyl (C=O) groups excluding carboxylic acids is 1. The van der Waals surface area contributed by atoms with E-state index in [1.54, 1.807) is 6.07 Å². The topological polar surface area (TPSA) is 26.3 Å². The highest BCUT2D eigenvalue weighted by Crippen LogP contribution is 2.55. The summed E-state index contributed by atoms with van der Waals surface area (Å²) in [6.07, 6.45) is 8.22. The van der Waals surface area contributed by atoms with Gasteiger partial charge in [-0.3, -0.25) is 0 Å². The molecule has 1 spiro atoms. The molecule has 3 heteroatoms. The molecule has 0 aromatic heterocycles. The molecule has 0 N–H and O–H groups in total. The highest BCUT2D eigenvalue weighted by Gasteiger charge is 2.43. The van der Waals surface area contributed by atoms with Crippen LogP contribution in [0.3, 0.4) is 0 Å². The number of allylic oxidation sites excluding steroid dienone is 1. The molecule has 0 heterocycles. The number of rotatable bonds is 2. The number of hydrogen-bond acceptors (Lipinski definition) is 2.